The number of ether oxygens (including phenoxy) is 2. The Kier molecular flexibility index (Phi) is 3.68. The second-order valence-corrected chi connectivity index (χ2v) is 7.13. The maximum atomic E-state index is 12.6. The minimum Gasteiger partial charge on any atom is -0.483 e. The van der Waals surface area contributed by atoms with E-state index in [1.54, 1.807) is 6.07 Å². The Hall–Kier alpha value is -1.75. The van der Waals surface area contributed by atoms with Crippen LogP contribution in [0.15, 0.2) is 18.2 Å². The van der Waals surface area contributed by atoms with E-state index < -0.39 is 0 Å². The van der Waals surface area contributed by atoms with Crippen LogP contribution in [0.3, 0.4) is 0 Å². The van der Waals surface area contributed by atoms with E-state index >= 15 is 0 Å². The number of carbonyl (C=O) groups is 1. The summed E-state index contributed by atoms with van der Waals surface area (Å²) in [6.07, 6.45) is 2.38. The number of rotatable bonds is 2. The lowest BCUT2D eigenvalue weighted by Crippen LogP contribution is -2.47. The molecule has 124 valence electrons. The van der Waals surface area contributed by atoms with Crippen LogP contribution in [-0.4, -0.2) is 48.7 Å². The molecule has 0 saturated carbocycles. The molecule has 2 bridgehead atoms. The van der Waals surface area contributed by atoms with E-state index in [2.05, 4.69) is 10.2 Å². The average Bonchev–Trinajstić information content (AvgIpc) is 2.87. The fourth-order valence-electron chi connectivity index (χ4n) is 3.86. The van der Waals surface area contributed by atoms with Gasteiger partial charge in [0.1, 0.15) is 12.2 Å². The van der Waals surface area contributed by atoms with Crippen molar-refractivity contribution in [3.05, 3.63) is 23.8 Å². The third kappa shape index (κ3) is 2.90. The van der Waals surface area contributed by atoms with Gasteiger partial charge in [-0.1, -0.05) is 0 Å². The lowest BCUT2D eigenvalue weighted by atomic mass is 9.96. The molecule has 0 radical (unpaired) electrons. The van der Waals surface area contributed by atoms with Crippen LogP contribution in [0.1, 0.15) is 37.0 Å². The zero-order valence-electron chi connectivity index (χ0n) is 13.7. The molecule has 1 aromatic rings. The van der Waals surface area contributed by atoms with E-state index in [1.165, 1.54) is 19.5 Å². The lowest BCUT2D eigenvalue weighted by molar-refractivity contribution is 0.0428. The Labute approximate surface area is 136 Å². The van der Waals surface area contributed by atoms with Gasteiger partial charge in [0.2, 0.25) is 0 Å². The summed E-state index contributed by atoms with van der Waals surface area (Å²) in [7, 11) is 0. The number of carbonyl (C=O) groups excluding carboxylic acids is 1. The van der Waals surface area contributed by atoms with Crippen molar-refractivity contribution in [3.63, 3.8) is 0 Å². The summed E-state index contributed by atoms with van der Waals surface area (Å²) >= 11 is 0. The van der Waals surface area contributed by atoms with E-state index in [4.69, 9.17) is 9.47 Å². The Morgan fingerprint density at radius 1 is 1.17 bits per heavy atom. The van der Waals surface area contributed by atoms with Gasteiger partial charge in [0.25, 0.3) is 5.91 Å². The molecule has 5 atom stereocenters. The van der Waals surface area contributed by atoms with Crippen LogP contribution in [0.4, 0.5) is 0 Å². The smallest absolute Gasteiger partial charge is 0.251 e. The summed E-state index contributed by atoms with van der Waals surface area (Å²) in [4.78, 5) is 15.0. The standard InChI is InChI=1S/C18H24N2O3/c1-11-12(2)23-17-8-14(3-4-16(17)22-11)18(21)19-15-7-13-5-6-20(9-13)10-15/h3-4,8,11-13,15H,5-7,9-10H2,1-2H3,(H,19,21)/t11-,12-,13+,15-/m1/s1. The van der Waals surface area contributed by atoms with Crippen LogP contribution >= 0.6 is 0 Å². The monoisotopic (exact) mass is 316 g/mol. The first kappa shape index (κ1) is 14.8. The molecule has 5 nitrogen and oxygen atoms in total. The van der Waals surface area contributed by atoms with E-state index in [-0.39, 0.29) is 24.2 Å². The number of hydrogen-bond acceptors (Lipinski definition) is 4. The van der Waals surface area contributed by atoms with Gasteiger partial charge >= 0.3 is 0 Å². The second-order valence-electron chi connectivity index (χ2n) is 7.13. The summed E-state index contributed by atoms with van der Waals surface area (Å²) in [6.45, 7) is 7.32. The molecular weight excluding hydrogens is 292 g/mol. The van der Waals surface area contributed by atoms with E-state index in [0.717, 1.165) is 18.9 Å². The predicted molar refractivity (Wildman–Crippen MR) is 87.0 cm³/mol. The number of amides is 1. The summed E-state index contributed by atoms with van der Waals surface area (Å²) in [5, 5.41) is 3.19. The van der Waals surface area contributed by atoms with Crippen molar-refractivity contribution in [2.24, 2.45) is 5.92 Å². The van der Waals surface area contributed by atoms with Crippen LogP contribution < -0.4 is 14.8 Å². The zero-order valence-corrected chi connectivity index (χ0v) is 13.7. The van der Waals surface area contributed by atoms with Gasteiger partial charge in [-0.15, -0.1) is 0 Å². The van der Waals surface area contributed by atoms with Crippen molar-refractivity contribution >= 4 is 5.91 Å². The molecule has 0 aliphatic carbocycles. The van der Waals surface area contributed by atoms with E-state index in [0.29, 0.717) is 17.1 Å². The summed E-state index contributed by atoms with van der Waals surface area (Å²) in [5.74, 6) is 2.11. The quantitative estimate of drug-likeness (QED) is 0.907. The third-order valence-electron chi connectivity index (χ3n) is 5.29. The average molecular weight is 316 g/mol. The molecule has 1 amide bonds. The van der Waals surface area contributed by atoms with Crippen LogP contribution in [0, 0.1) is 5.92 Å². The molecule has 2 fully saturated rings. The van der Waals surface area contributed by atoms with Crippen LogP contribution in [0.25, 0.3) is 0 Å². The SMILES string of the molecule is C[C@H]1Oc2ccc(C(=O)N[C@@H]3C[C@@H]4CCN(C4)C3)cc2O[C@@H]1C. The lowest BCUT2D eigenvalue weighted by Gasteiger charge is -2.31. The molecule has 23 heavy (non-hydrogen) atoms. The van der Waals surface area contributed by atoms with Crippen molar-refractivity contribution in [1.29, 1.82) is 0 Å². The van der Waals surface area contributed by atoms with Crippen LogP contribution in [0.5, 0.6) is 11.5 Å². The minimum atomic E-state index is -0.0184. The van der Waals surface area contributed by atoms with Gasteiger partial charge in [-0.2, -0.15) is 0 Å². The highest BCUT2D eigenvalue weighted by Crippen LogP contribution is 2.35. The van der Waals surface area contributed by atoms with Gasteiger partial charge in [0, 0.05) is 24.7 Å². The molecule has 0 spiro atoms. The highest BCUT2D eigenvalue weighted by Gasteiger charge is 2.33. The molecule has 1 unspecified atom stereocenters. The fraction of sp³-hybridized carbons (Fsp3) is 0.611. The Balaban J connectivity index is 1.45. The highest BCUT2D eigenvalue weighted by atomic mass is 16.6. The maximum Gasteiger partial charge on any atom is 0.251 e. The van der Waals surface area contributed by atoms with Gasteiger partial charge in [0.15, 0.2) is 11.5 Å². The van der Waals surface area contributed by atoms with Crippen LogP contribution in [0.2, 0.25) is 0 Å². The van der Waals surface area contributed by atoms with Gasteiger partial charge in [-0.05, 0) is 57.4 Å². The van der Waals surface area contributed by atoms with Crippen molar-refractivity contribution in [2.45, 2.75) is 44.9 Å². The first-order chi connectivity index (χ1) is 11.1. The van der Waals surface area contributed by atoms with Gasteiger partial charge < -0.3 is 19.7 Å². The molecule has 5 heteroatoms. The maximum absolute atomic E-state index is 12.6. The molecule has 1 aromatic carbocycles. The van der Waals surface area contributed by atoms with E-state index in [9.17, 15) is 4.79 Å². The number of hydrogen-bond donors (Lipinski definition) is 1. The largest absolute Gasteiger partial charge is 0.483 e. The molecule has 3 aliphatic rings. The fourth-order valence-corrected chi connectivity index (χ4v) is 3.86. The number of fused-ring (bicyclic) bond motifs is 3. The Morgan fingerprint density at radius 3 is 2.74 bits per heavy atom. The molecular formula is C18H24N2O3. The molecule has 1 N–H and O–H groups in total. The zero-order chi connectivity index (χ0) is 16.0. The molecule has 2 saturated heterocycles. The second kappa shape index (κ2) is 5.71. The Morgan fingerprint density at radius 2 is 1.96 bits per heavy atom. The topological polar surface area (TPSA) is 50.8 Å². The van der Waals surface area contributed by atoms with Gasteiger partial charge in [-0.25, -0.2) is 0 Å². The summed E-state index contributed by atoms with van der Waals surface area (Å²) in [6, 6.07) is 5.71. The number of nitrogens with zero attached hydrogens (tertiary/aromatic N) is 1. The summed E-state index contributed by atoms with van der Waals surface area (Å²) < 4.78 is 11.7. The van der Waals surface area contributed by atoms with Crippen molar-refractivity contribution in [2.75, 3.05) is 19.6 Å². The first-order valence-electron chi connectivity index (χ1n) is 8.59. The van der Waals surface area contributed by atoms with Crippen molar-refractivity contribution < 1.29 is 14.3 Å². The first-order valence-corrected chi connectivity index (χ1v) is 8.59. The summed E-state index contributed by atoms with van der Waals surface area (Å²) in [5.41, 5.74) is 0.641. The minimum absolute atomic E-state index is 0.0115. The number of nitrogens with one attached hydrogen (secondary N) is 1. The van der Waals surface area contributed by atoms with Gasteiger partial charge in [-0.3, -0.25) is 4.79 Å². The normalized spacial score (nSPS) is 35.0. The predicted octanol–water partition coefficient (Wildman–Crippen LogP) is 2.06. The number of piperidine rings is 1. The van der Waals surface area contributed by atoms with E-state index in [1.807, 2.05) is 26.0 Å². The molecule has 0 aromatic heterocycles. The Bertz CT molecular complexity index is 606. The van der Waals surface area contributed by atoms with Crippen molar-refractivity contribution in [3.8, 4) is 11.5 Å². The molecule has 4 rings (SSSR count). The van der Waals surface area contributed by atoms with Gasteiger partial charge in [0.05, 0.1) is 0 Å². The molecule has 3 aliphatic heterocycles. The number of benzene rings is 1. The molecule has 3 heterocycles. The van der Waals surface area contributed by atoms with Crippen LogP contribution in [-0.2, 0) is 0 Å². The van der Waals surface area contributed by atoms with Crippen molar-refractivity contribution in [1.82, 2.24) is 10.2 Å². The highest BCUT2D eigenvalue weighted by molar-refractivity contribution is 5.95. The third-order valence-corrected chi connectivity index (χ3v) is 5.29.